The lowest BCUT2D eigenvalue weighted by molar-refractivity contribution is 0.307. The van der Waals surface area contributed by atoms with E-state index in [1.54, 1.807) is 0 Å². The van der Waals surface area contributed by atoms with Crippen LogP contribution in [0.4, 0.5) is 0 Å². The molecule has 5 rings (SSSR count). The number of H-pyrrole nitrogens is 1. The molecule has 1 saturated heterocycles. The molecule has 0 spiro atoms. The minimum absolute atomic E-state index is 0.579. The van der Waals surface area contributed by atoms with Gasteiger partial charge in [0.15, 0.2) is 5.82 Å². The van der Waals surface area contributed by atoms with Crippen molar-refractivity contribution in [3.05, 3.63) is 29.4 Å². The summed E-state index contributed by atoms with van der Waals surface area (Å²) in [6, 6.07) is 0.579. The van der Waals surface area contributed by atoms with E-state index in [1.165, 1.54) is 56.3 Å². The zero-order chi connectivity index (χ0) is 15.2. The lowest BCUT2D eigenvalue weighted by Crippen LogP contribution is -2.22. The van der Waals surface area contributed by atoms with Gasteiger partial charge in [-0.15, -0.1) is 0 Å². The molecule has 1 saturated carbocycles. The molecule has 1 aliphatic heterocycles. The van der Waals surface area contributed by atoms with Gasteiger partial charge in [0.2, 0.25) is 0 Å². The van der Waals surface area contributed by atoms with E-state index in [0.717, 1.165) is 31.3 Å². The molecular formula is C17H24N6. The number of likely N-dealkylation sites (tertiary alicyclic amines) is 1. The lowest BCUT2D eigenvalue weighted by Gasteiger charge is -2.19. The van der Waals surface area contributed by atoms with E-state index in [1.807, 2.05) is 0 Å². The summed E-state index contributed by atoms with van der Waals surface area (Å²) >= 11 is 0. The molecule has 6 nitrogen and oxygen atoms in total. The van der Waals surface area contributed by atoms with Crippen LogP contribution in [-0.4, -0.2) is 42.7 Å². The van der Waals surface area contributed by atoms with Gasteiger partial charge in [-0.3, -0.25) is 10.00 Å². The van der Waals surface area contributed by atoms with Crippen LogP contribution in [-0.2, 0) is 19.4 Å². The molecule has 0 amide bonds. The molecule has 1 atom stereocenters. The predicted octanol–water partition coefficient (Wildman–Crippen LogP) is 2.20. The zero-order valence-electron chi connectivity index (χ0n) is 13.5. The molecule has 2 aromatic heterocycles. The maximum absolute atomic E-state index is 4.67. The van der Waals surface area contributed by atoms with Crippen molar-refractivity contribution >= 4 is 0 Å². The van der Waals surface area contributed by atoms with Crippen molar-refractivity contribution in [3.8, 4) is 0 Å². The molecule has 2 aromatic rings. The van der Waals surface area contributed by atoms with Crippen molar-refractivity contribution in [1.82, 2.24) is 29.6 Å². The summed E-state index contributed by atoms with van der Waals surface area (Å²) < 4.78 is 2.46. The summed E-state index contributed by atoms with van der Waals surface area (Å²) in [4.78, 5) is 11.8. The van der Waals surface area contributed by atoms with E-state index < -0.39 is 0 Å². The van der Waals surface area contributed by atoms with Crippen LogP contribution in [0.15, 0.2) is 6.33 Å². The predicted molar refractivity (Wildman–Crippen MR) is 86.2 cm³/mol. The van der Waals surface area contributed by atoms with Crippen molar-refractivity contribution < 1.29 is 0 Å². The first kappa shape index (κ1) is 13.7. The molecule has 6 heteroatoms. The number of aromatic amines is 1. The Morgan fingerprint density at radius 2 is 2.09 bits per heavy atom. The zero-order valence-corrected chi connectivity index (χ0v) is 13.5. The SMILES string of the molecule is c1nc2c(n1C1CCN(Cc3nc(C4CC4)n[nH]3)C1)CCCC2. The Morgan fingerprint density at radius 3 is 3.00 bits per heavy atom. The van der Waals surface area contributed by atoms with E-state index in [-0.39, 0.29) is 0 Å². The number of nitrogens with one attached hydrogen (secondary N) is 1. The first-order chi connectivity index (χ1) is 11.4. The second-order valence-corrected chi connectivity index (χ2v) is 7.34. The van der Waals surface area contributed by atoms with E-state index in [2.05, 4.69) is 36.0 Å². The summed E-state index contributed by atoms with van der Waals surface area (Å²) in [5.41, 5.74) is 2.85. The number of aromatic nitrogens is 5. The molecule has 0 bridgehead atoms. The van der Waals surface area contributed by atoms with Gasteiger partial charge in [-0.05, 0) is 44.9 Å². The van der Waals surface area contributed by atoms with Gasteiger partial charge in [-0.1, -0.05) is 0 Å². The molecule has 122 valence electrons. The molecule has 0 radical (unpaired) electrons. The van der Waals surface area contributed by atoms with Gasteiger partial charge >= 0.3 is 0 Å². The Labute approximate surface area is 136 Å². The van der Waals surface area contributed by atoms with E-state index in [4.69, 9.17) is 0 Å². The number of fused-ring (bicyclic) bond motifs is 1. The van der Waals surface area contributed by atoms with Crippen LogP contribution in [0.2, 0.25) is 0 Å². The lowest BCUT2D eigenvalue weighted by atomic mass is 10.0. The second-order valence-electron chi connectivity index (χ2n) is 7.34. The van der Waals surface area contributed by atoms with Crippen LogP contribution >= 0.6 is 0 Å². The van der Waals surface area contributed by atoms with Gasteiger partial charge in [0.05, 0.1) is 18.6 Å². The molecule has 0 aromatic carbocycles. The van der Waals surface area contributed by atoms with Crippen LogP contribution < -0.4 is 0 Å². The van der Waals surface area contributed by atoms with Gasteiger partial charge in [0.1, 0.15) is 5.82 Å². The van der Waals surface area contributed by atoms with E-state index in [0.29, 0.717) is 12.0 Å². The fraction of sp³-hybridized carbons (Fsp3) is 0.706. The molecule has 3 heterocycles. The minimum Gasteiger partial charge on any atom is -0.330 e. The number of hydrogen-bond donors (Lipinski definition) is 1. The third kappa shape index (κ3) is 2.59. The van der Waals surface area contributed by atoms with Gasteiger partial charge < -0.3 is 4.57 Å². The first-order valence-electron chi connectivity index (χ1n) is 9.05. The summed E-state index contributed by atoms with van der Waals surface area (Å²) in [5, 5.41) is 7.50. The molecule has 1 unspecified atom stereocenters. The summed E-state index contributed by atoms with van der Waals surface area (Å²) in [5.74, 6) is 2.68. The molecule has 2 fully saturated rings. The summed E-state index contributed by atoms with van der Waals surface area (Å²) in [7, 11) is 0. The van der Waals surface area contributed by atoms with Gasteiger partial charge in [0, 0.05) is 30.7 Å². The number of nitrogens with zero attached hydrogens (tertiary/aromatic N) is 5. The molecular weight excluding hydrogens is 288 g/mol. The highest BCUT2D eigenvalue weighted by Gasteiger charge is 2.30. The molecule has 3 aliphatic rings. The topological polar surface area (TPSA) is 62.6 Å². The maximum atomic E-state index is 4.67. The highest BCUT2D eigenvalue weighted by Crippen LogP contribution is 2.37. The second kappa shape index (κ2) is 5.44. The fourth-order valence-corrected chi connectivity index (χ4v) is 4.11. The van der Waals surface area contributed by atoms with Crippen molar-refractivity contribution in [3.63, 3.8) is 0 Å². The van der Waals surface area contributed by atoms with Crippen LogP contribution in [0.1, 0.15) is 67.1 Å². The van der Waals surface area contributed by atoms with Crippen molar-refractivity contribution in [2.75, 3.05) is 13.1 Å². The van der Waals surface area contributed by atoms with E-state index in [9.17, 15) is 0 Å². The molecule has 1 N–H and O–H groups in total. The van der Waals surface area contributed by atoms with Crippen molar-refractivity contribution in [1.29, 1.82) is 0 Å². The Kier molecular flexibility index (Phi) is 3.25. The van der Waals surface area contributed by atoms with Crippen LogP contribution in [0.5, 0.6) is 0 Å². The van der Waals surface area contributed by atoms with Gasteiger partial charge in [0.25, 0.3) is 0 Å². The minimum atomic E-state index is 0.579. The normalized spacial score (nSPS) is 25.0. The Hall–Kier alpha value is -1.69. The third-order valence-electron chi connectivity index (χ3n) is 5.57. The van der Waals surface area contributed by atoms with Crippen molar-refractivity contribution in [2.24, 2.45) is 0 Å². The van der Waals surface area contributed by atoms with Crippen LogP contribution in [0.25, 0.3) is 0 Å². The largest absolute Gasteiger partial charge is 0.330 e. The monoisotopic (exact) mass is 312 g/mol. The molecule has 23 heavy (non-hydrogen) atoms. The average molecular weight is 312 g/mol. The van der Waals surface area contributed by atoms with Crippen LogP contribution in [0, 0.1) is 0 Å². The highest BCUT2D eigenvalue weighted by atomic mass is 15.3. The quantitative estimate of drug-likeness (QED) is 0.940. The average Bonchev–Trinajstić information content (AvgIpc) is 3.00. The van der Waals surface area contributed by atoms with Crippen molar-refractivity contribution in [2.45, 2.75) is 63.5 Å². The Morgan fingerprint density at radius 1 is 1.17 bits per heavy atom. The number of aryl methyl sites for hydroxylation is 1. The molecule has 2 aliphatic carbocycles. The fourth-order valence-electron chi connectivity index (χ4n) is 4.11. The van der Waals surface area contributed by atoms with Gasteiger partial charge in [-0.2, -0.15) is 5.10 Å². The number of rotatable bonds is 4. The standard InChI is InChI=1S/C17H24N6/c1-2-4-15-14(3-1)18-11-23(15)13-7-8-22(9-13)10-16-19-17(21-20-16)12-5-6-12/h11-13H,1-10H2,(H,19,20,21). The number of imidazole rings is 1. The third-order valence-corrected chi connectivity index (χ3v) is 5.57. The maximum Gasteiger partial charge on any atom is 0.153 e. The number of hydrogen-bond acceptors (Lipinski definition) is 4. The van der Waals surface area contributed by atoms with Gasteiger partial charge in [-0.25, -0.2) is 9.97 Å². The Bertz CT molecular complexity index is 698. The summed E-state index contributed by atoms with van der Waals surface area (Å²) in [6.07, 6.45) is 10.8. The highest BCUT2D eigenvalue weighted by molar-refractivity contribution is 5.17. The van der Waals surface area contributed by atoms with E-state index >= 15 is 0 Å². The Balaban J connectivity index is 1.26. The summed E-state index contributed by atoms with van der Waals surface area (Å²) in [6.45, 7) is 3.13. The smallest absolute Gasteiger partial charge is 0.153 e. The first-order valence-corrected chi connectivity index (χ1v) is 9.05. The van der Waals surface area contributed by atoms with Crippen LogP contribution in [0.3, 0.4) is 0 Å².